The summed E-state index contributed by atoms with van der Waals surface area (Å²) in [5.74, 6) is -1.71. The van der Waals surface area contributed by atoms with Crippen LogP contribution in [0.2, 0.25) is 0 Å². The van der Waals surface area contributed by atoms with Gasteiger partial charge in [-0.1, -0.05) is 58.4 Å². The Morgan fingerprint density at radius 2 is 1.28 bits per heavy atom. The van der Waals surface area contributed by atoms with Crippen molar-refractivity contribution >= 4 is 87.8 Å². The standard InChI is InChI=1S/C63H69N7O12/c1-36(2)58(67-56(72)12-9-8-10-21-68-57(73)26-39(5)60(68)75)52(71)25-38(4)59(74)66-45-19-17-41(18-20-45)44-28-47-33-65-51-31-55(54(79-6)29-49(51)62(77)70(47)35-44)82-23-11-22-81-53-30-50-48(24-37(53)3)61(76)69-34-43(27-46(69)32-64-50)40-13-15-42(16-14-40)63(78)80-7/h13-20,24,29-36,38-39,46-47,58H,8-12,21-23,25-28H2,1-7H3,(H,66,74)(H,67,72)/t38?,39?,46-,47-,58?/m0/s1. The van der Waals surface area contributed by atoms with E-state index in [-0.39, 0.29) is 91.0 Å². The number of benzene rings is 4. The number of aliphatic imine (C=N–C) groups is 2. The third kappa shape index (κ3) is 12.9. The van der Waals surface area contributed by atoms with Gasteiger partial charge in [0.2, 0.25) is 23.6 Å². The molecule has 428 valence electrons. The molecule has 3 unspecified atom stereocenters. The zero-order chi connectivity index (χ0) is 58.4. The van der Waals surface area contributed by atoms with Crippen LogP contribution in [0.4, 0.5) is 17.1 Å². The number of amides is 6. The summed E-state index contributed by atoms with van der Waals surface area (Å²) in [6, 6.07) is 20.0. The zero-order valence-corrected chi connectivity index (χ0v) is 47.3. The number of hydrogen-bond acceptors (Lipinski definition) is 14. The van der Waals surface area contributed by atoms with Gasteiger partial charge in [0, 0.05) is 99.6 Å². The average molecular weight is 1120 g/mol. The fourth-order valence-electron chi connectivity index (χ4n) is 10.7. The van der Waals surface area contributed by atoms with Crippen LogP contribution >= 0.6 is 0 Å². The van der Waals surface area contributed by atoms with Crippen molar-refractivity contribution < 1.29 is 57.3 Å². The van der Waals surface area contributed by atoms with Crippen molar-refractivity contribution in [1.29, 1.82) is 0 Å². The SMILES string of the molecule is COC(=O)c1ccc(C2=CN3C(=O)c4cc(C)c(OCCCOc5cc6c(cc5OC)C(=O)N5C=C(c7ccc(NC(=O)C(C)CC(=O)C(NC(=O)CCCCCN8C(=O)CC(C)C8=O)C(C)C)cc7)C[C@H]5C=N6)cc4N=C[C@@H]3C2)cc1. The van der Waals surface area contributed by atoms with Crippen molar-refractivity contribution in [2.24, 2.45) is 27.7 Å². The molecule has 0 aromatic heterocycles. The maximum absolute atomic E-state index is 14.1. The van der Waals surface area contributed by atoms with Crippen molar-refractivity contribution in [2.45, 2.75) is 111 Å². The van der Waals surface area contributed by atoms with E-state index in [1.807, 2.05) is 57.4 Å². The van der Waals surface area contributed by atoms with Crippen LogP contribution in [-0.4, -0.2) is 126 Å². The van der Waals surface area contributed by atoms with E-state index in [0.717, 1.165) is 27.8 Å². The third-order valence-electron chi connectivity index (χ3n) is 15.5. The van der Waals surface area contributed by atoms with Crippen LogP contribution in [0.5, 0.6) is 17.2 Å². The molecule has 5 aliphatic heterocycles. The first-order valence-corrected chi connectivity index (χ1v) is 27.9. The molecular weight excluding hydrogens is 1050 g/mol. The van der Waals surface area contributed by atoms with E-state index in [0.29, 0.717) is 103 Å². The van der Waals surface area contributed by atoms with Crippen LogP contribution in [0.3, 0.4) is 0 Å². The summed E-state index contributed by atoms with van der Waals surface area (Å²) < 4.78 is 22.9. The maximum Gasteiger partial charge on any atom is 0.337 e. The molecule has 82 heavy (non-hydrogen) atoms. The van der Waals surface area contributed by atoms with Gasteiger partial charge in [-0.2, -0.15) is 0 Å². The molecule has 0 radical (unpaired) electrons. The summed E-state index contributed by atoms with van der Waals surface area (Å²) >= 11 is 0. The van der Waals surface area contributed by atoms with Gasteiger partial charge in [0.15, 0.2) is 17.3 Å². The molecule has 0 spiro atoms. The van der Waals surface area contributed by atoms with Gasteiger partial charge >= 0.3 is 5.97 Å². The number of aryl methyl sites for hydroxylation is 1. The second-order valence-corrected chi connectivity index (χ2v) is 21.8. The Hall–Kier alpha value is -8.74. The number of ether oxygens (including phenoxy) is 4. The Balaban J connectivity index is 0.729. The first-order chi connectivity index (χ1) is 39.4. The number of nitrogens with one attached hydrogen (secondary N) is 2. The Labute approximate surface area is 476 Å². The van der Waals surface area contributed by atoms with Crippen molar-refractivity contribution in [3.63, 3.8) is 0 Å². The van der Waals surface area contributed by atoms with Gasteiger partial charge in [-0.3, -0.25) is 48.4 Å². The van der Waals surface area contributed by atoms with Gasteiger partial charge < -0.3 is 39.4 Å². The van der Waals surface area contributed by atoms with E-state index in [9.17, 15) is 38.4 Å². The Bertz CT molecular complexity index is 3310. The minimum Gasteiger partial charge on any atom is -0.493 e. The zero-order valence-electron chi connectivity index (χ0n) is 47.3. The molecule has 0 saturated carbocycles. The molecule has 1 saturated heterocycles. The van der Waals surface area contributed by atoms with Gasteiger partial charge in [0.05, 0.1) is 73.6 Å². The Morgan fingerprint density at radius 1 is 0.695 bits per heavy atom. The van der Waals surface area contributed by atoms with Crippen LogP contribution in [0.15, 0.2) is 95.2 Å². The Kier molecular flexibility index (Phi) is 17.9. The number of esters is 1. The normalized spacial score (nSPS) is 18.6. The van der Waals surface area contributed by atoms with E-state index in [2.05, 4.69) is 10.6 Å². The molecule has 5 heterocycles. The number of Topliss-reactive ketones (excluding diaryl/α,β-unsaturated/α-hetero) is 1. The van der Waals surface area contributed by atoms with Crippen molar-refractivity contribution in [3.05, 3.63) is 119 Å². The van der Waals surface area contributed by atoms with Crippen LogP contribution in [0.25, 0.3) is 11.1 Å². The fourth-order valence-corrected chi connectivity index (χ4v) is 10.7. The number of methoxy groups -OCH3 is 2. The van der Waals surface area contributed by atoms with Crippen molar-refractivity contribution in [2.75, 3.05) is 39.3 Å². The summed E-state index contributed by atoms with van der Waals surface area (Å²) in [7, 11) is 2.85. The lowest BCUT2D eigenvalue weighted by atomic mass is 9.92. The summed E-state index contributed by atoms with van der Waals surface area (Å²) in [6.45, 7) is 9.92. The molecule has 19 nitrogen and oxygen atoms in total. The largest absolute Gasteiger partial charge is 0.493 e. The minimum atomic E-state index is -0.755. The highest BCUT2D eigenvalue weighted by Gasteiger charge is 2.37. The van der Waals surface area contributed by atoms with Crippen molar-refractivity contribution in [3.8, 4) is 17.2 Å². The smallest absolute Gasteiger partial charge is 0.337 e. The van der Waals surface area contributed by atoms with E-state index < -0.39 is 17.9 Å². The molecular formula is C63H69N7O12. The molecule has 0 bridgehead atoms. The van der Waals surface area contributed by atoms with Gasteiger partial charge in [-0.05, 0) is 89.9 Å². The highest BCUT2D eigenvalue weighted by molar-refractivity contribution is 6.07. The maximum atomic E-state index is 14.1. The molecule has 2 N–H and O–H groups in total. The predicted molar refractivity (Wildman–Crippen MR) is 309 cm³/mol. The summed E-state index contributed by atoms with van der Waals surface area (Å²) in [5.41, 5.74) is 7.21. The number of carbonyl (C=O) groups excluding carboxylic acids is 8. The van der Waals surface area contributed by atoms with Crippen LogP contribution in [0.1, 0.15) is 133 Å². The van der Waals surface area contributed by atoms with Gasteiger partial charge in [-0.25, -0.2) is 4.79 Å². The van der Waals surface area contributed by atoms with Gasteiger partial charge in [-0.15, -0.1) is 0 Å². The van der Waals surface area contributed by atoms with Crippen LogP contribution < -0.4 is 24.8 Å². The monoisotopic (exact) mass is 1120 g/mol. The molecule has 19 heteroatoms. The number of hydrogen-bond donors (Lipinski definition) is 2. The van der Waals surface area contributed by atoms with Gasteiger partial charge in [0.1, 0.15) is 5.75 Å². The summed E-state index contributed by atoms with van der Waals surface area (Å²) in [4.78, 5) is 118. The predicted octanol–water partition coefficient (Wildman–Crippen LogP) is 9.21. The number of carbonyl (C=O) groups is 8. The lowest BCUT2D eigenvalue weighted by Gasteiger charge is -2.23. The molecule has 0 aliphatic carbocycles. The molecule has 5 atom stereocenters. The first-order valence-electron chi connectivity index (χ1n) is 27.9. The first kappa shape index (κ1) is 57.9. The molecule has 5 aliphatic rings. The molecule has 6 amide bonds. The second kappa shape index (κ2) is 25.4. The summed E-state index contributed by atoms with van der Waals surface area (Å²) in [5, 5.41) is 5.76. The molecule has 4 aromatic carbocycles. The second-order valence-electron chi connectivity index (χ2n) is 21.8. The van der Waals surface area contributed by atoms with E-state index >= 15 is 0 Å². The highest BCUT2D eigenvalue weighted by atomic mass is 16.5. The number of imide groups is 1. The van der Waals surface area contributed by atoms with E-state index in [1.54, 1.807) is 84.6 Å². The number of ketones is 1. The number of nitrogens with zero attached hydrogens (tertiary/aromatic N) is 5. The number of fused-ring (bicyclic) bond motifs is 4. The number of likely N-dealkylation sites (tertiary alicyclic amines) is 1. The quantitative estimate of drug-likeness (QED) is 0.0402. The van der Waals surface area contributed by atoms with E-state index in [4.69, 9.17) is 28.9 Å². The average Bonchev–Trinajstić information content (AvgIpc) is 4.22. The Morgan fingerprint density at radius 3 is 1.85 bits per heavy atom. The van der Waals surface area contributed by atoms with Crippen LogP contribution in [-0.2, 0) is 28.7 Å². The molecule has 9 rings (SSSR count). The van der Waals surface area contributed by atoms with Gasteiger partial charge in [0.25, 0.3) is 11.8 Å². The number of unbranched alkanes of at least 4 members (excludes halogenated alkanes) is 2. The van der Waals surface area contributed by atoms with E-state index in [1.165, 1.54) is 19.1 Å². The lowest BCUT2D eigenvalue weighted by Crippen LogP contribution is -2.45. The minimum absolute atomic E-state index is 0.0650. The van der Waals surface area contributed by atoms with Crippen LogP contribution in [0, 0.1) is 24.7 Å². The topological polar surface area (TPSA) is 232 Å². The lowest BCUT2D eigenvalue weighted by molar-refractivity contribution is -0.139. The van der Waals surface area contributed by atoms with Crippen molar-refractivity contribution in [1.82, 2.24) is 20.0 Å². The molecule has 4 aromatic rings. The molecule has 1 fully saturated rings. The third-order valence-corrected chi connectivity index (χ3v) is 15.5. The number of rotatable bonds is 23. The fraction of sp³-hybridized carbons (Fsp3) is 0.397. The number of anilines is 1. The summed E-state index contributed by atoms with van der Waals surface area (Å²) in [6.07, 6.45) is 11.0. The highest BCUT2D eigenvalue weighted by Crippen LogP contribution is 2.41.